The van der Waals surface area contributed by atoms with Gasteiger partial charge >= 0.3 is 0 Å². The van der Waals surface area contributed by atoms with Crippen LogP contribution in [0.25, 0.3) is 0 Å². The van der Waals surface area contributed by atoms with Crippen LogP contribution in [-0.2, 0) is 27.0 Å². The topological polar surface area (TPSA) is 66.5 Å². The van der Waals surface area contributed by atoms with E-state index < -0.39 is 10.0 Å². The summed E-state index contributed by atoms with van der Waals surface area (Å²) in [4.78, 5) is 12.3. The van der Waals surface area contributed by atoms with Gasteiger partial charge in [0.25, 0.3) is 0 Å². The molecule has 0 heterocycles. The lowest BCUT2D eigenvalue weighted by atomic mass is 10.1. The van der Waals surface area contributed by atoms with Crippen LogP contribution in [0.1, 0.15) is 18.1 Å². The molecule has 0 spiro atoms. The highest BCUT2D eigenvalue weighted by Gasteiger charge is 2.22. The van der Waals surface area contributed by atoms with E-state index in [-0.39, 0.29) is 12.5 Å². The van der Waals surface area contributed by atoms with Gasteiger partial charge in [-0.3, -0.25) is 9.10 Å². The van der Waals surface area contributed by atoms with Gasteiger partial charge in [0.05, 0.1) is 11.9 Å². The molecule has 0 aliphatic rings. The molecule has 27 heavy (non-hydrogen) atoms. The van der Waals surface area contributed by atoms with Gasteiger partial charge in [0, 0.05) is 18.1 Å². The molecule has 0 aliphatic carbocycles. The van der Waals surface area contributed by atoms with Crippen LogP contribution in [-0.4, -0.2) is 39.4 Å². The first-order valence-electron chi connectivity index (χ1n) is 8.85. The van der Waals surface area contributed by atoms with Crippen LogP contribution >= 0.6 is 11.8 Å². The van der Waals surface area contributed by atoms with Gasteiger partial charge in [0.1, 0.15) is 6.54 Å². The summed E-state index contributed by atoms with van der Waals surface area (Å²) in [7, 11) is -3.55. The molecule has 0 unspecified atom stereocenters. The number of carbonyl (C=O) groups excluding carboxylic acids is 1. The van der Waals surface area contributed by atoms with E-state index in [4.69, 9.17) is 0 Å². The number of amides is 1. The molecule has 1 amide bonds. The van der Waals surface area contributed by atoms with Gasteiger partial charge in [-0.1, -0.05) is 55.5 Å². The molecule has 0 atom stereocenters. The zero-order valence-electron chi connectivity index (χ0n) is 15.7. The molecule has 0 radical (unpaired) electrons. The van der Waals surface area contributed by atoms with E-state index in [9.17, 15) is 13.2 Å². The molecule has 2 rings (SSSR count). The van der Waals surface area contributed by atoms with E-state index in [1.165, 1.54) is 9.87 Å². The van der Waals surface area contributed by atoms with Crippen molar-refractivity contribution in [1.82, 2.24) is 5.32 Å². The van der Waals surface area contributed by atoms with E-state index in [0.717, 1.165) is 23.3 Å². The van der Waals surface area contributed by atoms with Gasteiger partial charge in [-0.2, -0.15) is 11.8 Å². The second-order valence-corrected chi connectivity index (χ2v) is 9.15. The lowest BCUT2D eigenvalue weighted by molar-refractivity contribution is -0.119. The summed E-state index contributed by atoms with van der Waals surface area (Å²) in [5, 5.41) is 2.81. The van der Waals surface area contributed by atoms with Gasteiger partial charge in [0.15, 0.2) is 0 Å². The molecule has 5 nitrogen and oxygen atoms in total. The van der Waals surface area contributed by atoms with Gasteiger partial charge < -0.3 is 5.32 Å². The van der Waals surface area contributed by atoms with Crippen LogP contribution < -0.4 is 9.62 Å². The predicted molar refractivity (Wildman–Crippen MR) is 114 cm³/mol. The predicted octanol–water partition coefficient (Wildman–Crippen LogP) is 3.06. The van der Waals surface area contributed by atoms with Gasteiger partial charge in [-0.25, -0.2) is 8.42 Å². The van der Waals surface area contributed by atoms with Crippen LogP contribution in [0.15, 0.2) is 54.6 Å². The number of hydrogen-bond acceptors (Lipinski definition) is 4. The monoisotopic (exact) mass is 406 g/mol. The van der Waals surface area contributed by atoms with Crippen LogP contribution in [0.2, 0.25) is 0 Å². The number of nitrogens with one attached hydrogen (secondary N) is 1. The summed E-state index contributed by atoms with van der Waals surface area (Å²) in [6.45, 7) is 2.26. The van der Waals surface area contributed by atoms with Crippen molar-refractivity contribution in [3.05, 3.63) is 65.7 Å². The average molecular weight is 407 g/mol. The lowest BCUT2D eigenvalue weighted by Crippen LogP contribution is -2.41. The second-order valence-electron chi connectivity index (χ2n) is 6.14. The maximum atomic E-state index is 12.3. The third-order valence-corrected chi connectivity index (χ3v) is 6.17. The van der Waals surface area contributed by atoms with Crippen molar-refractivity contribution in [2.75, 3.05) is 29.4 Å². The molecule has 0 fully saturated rings. The Morgan fingerprint density at radius 1 is 1.07 bits per heavy atom. The van der Waals surface area contributed by atoms with E-state index in [1.807, 2.05) is 37.3 Å². The fourth-order valence-electron chi connectivity index (χ4n) is 2.65. The number of rotatable bonds is 10. The Balaban J connectivity index is 1.87. The van der Waals surface area contributed by atoms with E-state index >= 15 is 0 Å². The number of carbonyl (C=O) groups is 1. The van der Waals surface area contributed by atoms with Gasteiger partial charge in [-0.05, 0) is 23.6 Å². The summed E-state index contributed by atoms with van der Waals surface area (Å²) in [6, 6.07) is 17.4. The first kappa shape index (κ1) is 21.3. The molecular formula is C20H26N2O3S2. The summed E-state index contributed by atoms with van der Waals surface area (Å²) < 4.78 is 25.6. The highest BCUT2D eigenvalue weighted by molar-refractivity contribution is 7.98. The Bertz CT molecular complexity index is 839. The van der Waals surface area contributed by atoms with Crippen LogP contribution in [0.5, 0.6) is 0 Å². The Morgan fingerprint density at radius 2 is 1.74 bits per heavy atom. The molecular weight excluding hydrogens is 380 g/mol. The number of sulfonamides is 1. The maximum absolute atomic E-state index is 12.3. The van der Waals surface area contributed by atoms with Gasteiger partial charge in [-0.15, -0.1) is 0 Å². The maximum Gasteiger partial charge on any atom is 0.240 e. The number of thioether (sulfide) groups is 1. The Morgan fingerprint density at radius 3 is 2.41 bits per heavy atom. The first-order chi connectivity index (χ1) is 12.9. The normalized spacial score (nSPS) is 11.2. The third kappa shape index (κ3) is 6.92. The van der Waals surface area contributed by atoms with Crippen LogP contribution in [0.4, 0.5) is 5.69 Å². The Kier molecular flexibility index (Phi) is 8.19. The Hall–Kier alpha value is -1.99. The molecule has 0 aromatic heterocycles. The van der Waals surface area contributed by atoms with Crippen molar-refractivity contribution in [3.8, 4) is 0 Å². The van der Waals surface area contributed by atoms with Crippen molar-refractivity contribution >= 4 is 33.4 Å². The highest BCUT2D eigenvalue weighted by Crippen LogP contribution is 2.23. The van der Waals surface area contributed by atoms with E-state index in [1.54, 1.807) is 23.9 Å². The summed E-state index contributed by atoms with van der Waals surface area (Å²) in [5.41, 5.74) is 2.71. The molecule has 2 aromatic carbocycles. The zero-order chi connectivity index (χ0) is 19.7. The van der Waals surface area contributed by atoms with Crippen molar-refractivity contribution in [2.45, 2.75) is 19.1 Å². The van der Waals surface area contributed by atoms with Crippen molar-refractivity contribution in [3.63, 3.8) is 0 Å². The van der Waals surface area contributed by atoms with Crippen LogP contribution in [0, 0.1) is 0 Å². The lowest BCUT2D eigenvalue weighted by Gasteiger charge is -2.24. The third-order valence-electron chi connectivity index (χ3n) is 4.01. The first-order valence-corrected chi connectivity index (χ1v) is 11.9. The average Bonchev–Trinajstić information content (AvgIpc) is 2.66. The van der Waals surface area contributed by atoms with E-state index in [2.05, 4.69) is 17.4 Å². The molecule has 1 N–H and O–H groups in total. The SMILES string of the molecule is CCc1ccccc1N(CC(=O)NCCSCc1ccccc1)S(C)(=O)=O. The molecule has 2 aromatic rings. The Labute approximate surface area is 166 Å². The molecule has 146 valence electrons. The quantitative estimate of drug-likeness (QED) is 0.616. The summed E-state index contributed by atoms with van der Waals surface area (Å²) in [6.07, 6.45) is 1.82. The number of para-hydroxylation sites is 1. The second kappa shape index (κ2) is 10.4. The van der Waals surface area contributed by atoms with Gasteiger partial charge in [0.2, 0.25) is 15.9 Å². The summed E-state index contributed by atoms with van der Waals surface area (Å²) in [5.74, 6) is 1.35. The standard InChI is InChI=1S/C20H26N2O3S2/c1-3-18-11-7-8-12-19(18)22(27(2,24)25)15-20(23)21-13-14-26-16-17-9-5-4-6-10-17/h4-12H,3,13-16H2,1-2H3,(H,21,23). The van der Waals surface area contributed by atoms with E-state index in [0.29, 0.717) is 18.7 Å². The largest absolute Gasteiger partial charge is 0.354 e. The molecule has 0 saturated heterocycles. The minimum absolute atomic E-state index is 0.209. The molecule has 0 saturated carbocycles. The highest BCUT2D eigenvalue weighted by atomic mass is 32.2. The fourth-order valence-corrected chi connectivity index (χ4v) is 4.35. The number of nitrogens with zero attached hydrogens (tertiary/aromatic N) is 1. The molecule has 0 bridgehead atoms. The van der Waals surface area contributed by atoms with Crippen LogP contribution in [0.3, 0.4) is 0 Å². The molecule has 7 heteroatoms. The zero-order valence-corrected chi connectivity index (χ0v) is 17.4. The number of aryl methyl sites for hydroxylation is 1. The smallest absolute Gasteiger partial charge is 0.240 e. The van der Waals surface area contributed by atoms with Crippen molar-refractivity contribution in [2.24, 2.45) is 0 Å². The number of benzene rings is 2. The number of anilines is 1. The van der Waals surface area contributed by atoms with Crippen molar-refractivity contribution in [1.29, 1.82) is 0 Å². The minimum atomic E-state index is -3.55. The minimum Gasteiger partial charge on any atom is -0.354 e. The summed E-state index contributed by atoms with van der Waals surface area (Å²) >= 11 is 1.73. The number of hydrogen-bond donors (Lipinski definition) is 1. The molecule has 0 aliphatic heterocycles. The fraction of sp³-hybridized carbons (Fsp3) is 0.350. The van der Waals surface area contributed by atoms with Crippen molar-refractivity contribution < 1.29 is 13.2 Å².